The molecule has 92 valence electrons. The Morgan fingerprint density at radius 1 is 1.05 bits per heavy atom. The molecule has 0 aliphatic rings. The topological polar surface area (TPSA) is 28.7 Å². The van der Waals surface area contributed by atoms with Gasteiger partial charge in [-0.15, -0.1) is 0 Å². The van der Waals surface area contributed by atoms with Gasteiger partial charge in [0, 0.05) is 18.1 Å². The highest BCUT2D eigenvalue weighted by Crippen LogP contribution is 2.25. The second-order valence-electron chi connectivity index (χ2n) is 4.43. The Morgan fingerprint density at radius 2 is 1.84 bits per heavy atom. The molecular formula is C16H11ClN2. The van der Waals surface area contributed by atoms with Crippen LogP contribution in [-0.2, 0) is 6.54 Å². The van der Waals surface area contributed by atoms with Crippen LogP contribution in [0.4, 0.5) is 0 Å². The number of fused-ring (bicyclic) bond motifs is 1. The average molecular weight is 267 g/mol. The minimum atomic E-state index is 0.680. The maximum Gasteiger partial charge on any atom is 0.0991 e. The Kier molecular flexibility index (Phi) is 2.98. The second-order valence-corrected chi connectivity index (χ2v) is 4.84. The Morgan fingerprint density at radius 3 is 2.58 bits per heavy atom. The molecule has 19 heavy (non-hydrogen) atoms. The predicted octanol–water partition coefficient (Wildman–Crippen LogP) is 4.21. The zero-order chi connectivity index (χ0) is 13.2. The summed E-state index contributed by atoms with van der Waals surface area (Å²) < 4.78 is 2.12. The van der Waals surface area contributed by atoms with Crippen LogP contribution in [-0.4, -0.2) is 4.57 Å². The maximum absolute atomic E-state index is 8.79. The Bertz CT molecular complexity index is 764. The molecule has 3 aromatic rings. The lowest BCUT2D eigenvalue weighted by Crippen LogP contribution is -1.98. The van der Waals surface area contributed by atoms with Crippen LogP contribution in [0.1, 0.15) is 11.1 Å². The first-order chi connectivity index (χ1) is 9.28. The molecule has 1 heterocycles. The van der Waals surface area contributed by atoms with E-state index in [9.17, 15) is 0 Å². The summed E-state index contributed by atoms with van der Waals surface area (Å²) in [7, 11) is 0. The SMILES string of the molecule is N#Cc1ccc(Cn2ccc3cccc(Cl)c32)cc1. The van der Waals surface area contributed by atoms with Gasteiger partial charge in [0.25, 0.3) is 0 Å². The standard InChI is InChI=1S/C16H11ClN2/c17-15-3-1-2-14-8-9-19(16(14)15)11-13-6-4-12(10-18)5-7-13/h1-9H,11H2. The van der Waals surface area contributed by atoms with Gasteiger partial charge in [-0.1, -0.05) is 35.9 Å². The van der Waals surface area contributed by atoms with Crippen molar-refractivity contribution in [2.24, 2.45) is 0 Å². The van der Waals surface area contributed by atoms with E-state index in [0.29, 0.717) is 5.56 Å². The third-order valence-electron chi connectivity index (χ3n) is 3.18. The van der Waals surface area contributed by atoms with Crippen LogP contribution in [0.3, 0.4) is 0 Å². The number of nitrogens with zero attached hydrogens (tertiary/aromatic N) is 2. The molecule has 0 unspecified atom stereocenters. The summed E-state index contributed by atoms with van der Waals surface area (Å²) in [6, 6.07) is 17.7. The van der Waals surface area contributed by atoms with Crippen LogP contribution < -0.4 is 0 Å². The minimum absolute atomic E-state index is 0.680. The van der Waals surface area contributed by atoms with Crippen LogP contribution in [0, 0.1) is 11.3 Å². The van der Waals surface area contributed by atoms with E-state index in [2.05, 4.69) is 22.8 Å². The van der Waals surface area contributed by atoms with Crippen molar-refractivity contribution >= 4 is 22.5 Å². The molecule has 0 bridgehead atoms. The number of hydrogen-bond acceptors (Lipinski definition) is 1. The minimum Gasteiger partial charge on any atom is -0.342 e. The molecule has 0 saturated heterocycles. The quantitative estimate of drug-likeness (QED) is 0.683. The number of nitriles is 1. The van der Waals surface area contributed by atoms with Gasteiger partial charge in [0.05, 0.1) is 22.2 Å². The molecule has 3 rings (SSSR count). The fourth-order valence-corrected chi connectivity index (χ4v) is 2.52. The molecule has 2 nitrogen and oxygen atoms in total. The van der Waals surface area contributed by atoms with Gasteiger partial charge < -0.3 is 4.57 Å². The highest BCUT2D eigenvalue weighted by Gasteiger charge is 2.05. The fourth-order valence-electron chi connectivity index (χ4n) is 2.23. The van der Waals surface area contributed by atoms with Crippen LogP contribution in [0.5, 0.6) is 0 Å². The normalized spacial score (nSPS) is 10.5. The molecule has 2 aromatic carbocycles. The summed E-state index contributed by atoms with van der Waals surface area (Å²) in [5.74, 6) is 0. The summed E-state index contributed by atoms with van der Waals surface area (Å²) in [4.78, 5) is 0. The monoisotopic (exact) mass is 266 g/mol. The van der Waals surface area contributed by atoms with E-state index >= 15 is 0 Å². The summed E-state index contributed by atoms with van der Waals surface area (Å²) in [6.45, 7) is 0.749. The van der Waals surface area contributed by atoms with E-state index in [1.54, 1.807) is 0 Å². The molecule has 0 amide bonds. The van der Waals surface area contributed by atoms with E-state index in [-0.39, 0.29) is 0 Å². The van der Waals surface area contributed by atoms with Gasteiger partial charge in [-0.25, -0.2) is 0 Å². The summed E-state index contributed by atoms with van der Waals surface area (Å²) in [5, 5.41) is 10.7. The molecule has 3 heteroatoms. The molecule has 1 aromatic heterocycles. The third kappa shape index (κ3) is 2.21. The van der Waals surface area contributed by atoms with Gasteiger partial charge in [-0.2, -0.15) is 5.26 Å². The largest absolute Gasteiger partial charge is 0.342 e. The third-order valence-corrected chi connectivity index (χ3v) is 3.48. The molecule has 0 N–H and O–H groups in total. The maximum atomic E-state index is 8.79. The molecule has 0 aliphatic heterocycles. The Labute approximate surface area is 116 Å². The van der Waals surface area contributed by atoms with E-state index in [0.717, 1.165) is 28.0 Å². The van der Waals surface area contributed by atoms with Crippen molar-refractivity contribution in [1.29, 1.82) is 5.26 Å². The Hall–Kier alpha value is -2.24. The number of benzene rings is 2. The fraction of sp³-hybridized carbons (Fsp3) is 0.0625. The smallest absolute Gasteiger partial charge is 0.0991 e. The first-order valence-corrected chi connectivity index (χ1v) is 6.38. The first-order valence-electron chi connectivity index (χ1n) is 6.00. The lowest BCUT2D eigenvalue weighted by atomic mass is 10.1. The number of halogens is 1. The molecule has 0 atom stereocenters. The first kappa shape index (κ1) is 11.8. The van der Waals surface area contributed by atoms with E-state index in [4.69, 9.17) is 16.9 Å². The van der Waals surface area contributed by atoms with Crippen LogP contribution >= 0.6 is 11.6 Å². The highest BCUT2D eigenvalue weighted by atomic mass is 35.5. The zero-order valence-corrected chi connectivity index (χ0v) is 10.9. The molecule has 0 aliphatic carbocycles. The van der Waals surface area contributed by atoms with Gasteiger partial charge in [0.2, 0.25) is 0 Å². The van der Waals surface area contributed by atoms with Crippen LogP contribution in [0.25, 0.3) is 10.9 Å². The molecule has 0 radical (unpaired) electrons. The van der Waals surface area contributed by atoms with E-state index < -0.39 is 0 Å². The second kappa shape index (κ2) is 4.79. The van der Waals surface area contributed by atoms with Crippen molar-refractivity contribution in [2.75, 3.05) is 0 Å². The predicted molar refractivity (Wildman–Crippen MR) is 77.2 cm³/mol. The number of rotatable bonds is 2. The van der Waals surface area contributed by atoms with Gasteiger partial charge in [-0.05, 0) is 29.8 Å². The average Bonchev–Trinajstić information content (AvgIpc) is 2.84. The number of aromatic nitrogens is 1. The van der Waals surface area contributed by atoms with Gasteiger partial charge in [-0.3, -0.25) is 0 Å². The zero-order valence-electron chi connectivity index (χ0n) is 10.2. The number of hydrogen-bond donors (Lipinski definition) is 0. The van der Waals surface area contributed by atoms with Gasteiger partial charge in [0.1, 0.15) is 0 Å². The summed E-state index contributed by atoms with van der Waals surface area (Å²) in [5.41, 5.74) is 2.88. The van der Waals surface area contributed by atoms with Gasteiger partial charge >= 0.3 is 0 Å². The summed E-state index contributed by atoms with van der Waals surface area (Å²) >= 11 is 6.25. The van der Waals surface area contributed by atoms with Gasteiger partial charge in [0.15, 0.2) is 0 Å². The van der Waals surface area contributed by atoms with E-state index in [1.165, 1.54) is 0 Å². The van der Waals surface area contributed by atoms with Crippen LogP contribution in [0.15, 0.2) is 54.7 Å². The van der Waals surface area contributed by atoms with Crippen molar-refractivity contribution in [3.8, 4) is 6.07 Å². The van der Waals surface area contributed by atoms with E-state index in [1.807, 2.05) is 42.6 Å². The van der Waals surface area contributed by atoms with Crippen molar-refractivity contribution in [2.45, 2.75) is 6.54 Å². The van der Waals surface area contributed by atoms with Crippen molar-refractivity contribution in [1.82, 2.24) is 4.57 Å². The van der Waals surface area contributed by atoms with Crippen LogP contribution in [0.2, 0.25) is 5.02 Å². The number of para-hydroxylation sites is 1. The molecule has 0 fully saturated rings. The summed E-state index contributed by atoms with van der Waals surface area (Å²) in [6.07, 6.45) is 2.04. The molecular weight excluding hydrogens is 256 g/mol. The Balaban J connectivity index is 1.99. The van der Waals surface area contributed by atoms with Crippen molar-refractivity contribution in [3.63, 3.8) is 0 Å². The highest BCUT2D eigenvalue weighted by molar-refractivity contribution is 6.35. The van der Waals surface area contributed by atoms with Crippen molar-refractivity contribution in [3.05, 3.63) is 70.9 Å². The lowest BCUT2D eigenvalue weighted by molar-refractivity contribution is 0.837. The van der Waals surface area contributed by atoms with Crippen molar-refractivity contribution < 1.29 is 0 Å². The molecule has 0 saturated carbocycles. The molecule has 0 spiro atoms. The lowest BCUT2D eigenvalue weighted by Gasteiger charge is -2.07.